The van der Waals surface area contributed by atoms with Gasteiger partial charge in [-0.3, -0.25) is 4.79 Å². The summed E-state index contributed by atoms with van der Waals surface area (Å²) in [7, 11) is 1.77. The van der Waals surface area contributed by atoms with Crippen molar-refractivity contribution in [3.8, 4) is 11.4 Å². The van der Waals surface area contributed by atoms with Gasteiger partial charge in [-0.15, -0.1) is 10.2 Å². The van der Waals surface area contributed by atoms with Crippen molar-refractivity contribution < 1.29 is 4.79 Å². The minimum atomic E-state index is -0.00799. The molecule has 2 aromatic carbocycles. The lowest BCUT2D eigenvalue weighted by molar-refractivity contribution is -0.115. The predicted octanol–water partition coefficient (Wildman–Crippen LogP) is 5.66. The first-order valence-electron chi connectivity index (χ1n) is 9.20. The van der Waals surface area contributed by atoms with E-state index in [9.17, 15) is 4.79 Å². The number of carbonyl (C=O) groups is 1. The van der Waals surface area contributed by atoms with Gasteiger partial charge in [0.1, 0.15) is 0 Å². The molecule has 29 heavy (non-hydrogen) atoms. The van der Waals surface area contributed by atoms with E-state index in [-0.39, 0.29) is 11.7 Å². The monoisotopic (exact) mass is 448 g/mol. The van der Waals surface area contributed by atoms with Gasteiger partial charge >= 0.3 is 0 Å². The molecule has 0 fully saturated rings. The number of para-hydroxylation sites is 1. The van der Waals surface area contributed by atoms with E-state index in [4.69, 9.17) is 23.2 Å². The first-order valence-corrected chi connectivity index (χ1v) is 10.9. The third kappa shape index (κ3) is 5.32. The van der Waals surface area contributed by atoms with E-state index < -0.39 is 0 Å². The number of hydrogen-bond donors (Lipinski definition) is 0. The molecule has 1 amide bonds. The average molecular weight is 449 g/mol. The van der Waals surface area contributed by atoms with Crippen LogP contribution in [0.3, 0.4) is 0 Å². The summed E-state index contributed by atoms with van der Waals surface area (Å²) in [4.78, 5) is 14.3. The van der Waals surface area contributed by atoms with Crippen molar-refractivity contribution in [2.45, 2.75) is 25.5 Å². The molecule has 0 unspecified atom stereocenters. The van der Waals surface area contributed by atoms with Crippen LogP contribution in [0.4, 0.5) is 5.69 Å². The van der Waals surface area contributed by atoms with Crippen molar-refractivity contribution in [1.29, 1.82) is 0 Å². The van der Waals surface area contributed by atoms with Crippen molar-refractivity contribution >= 4 is 46.6 Å². The lowest BCUT2D eigenvalue weighted by Gasteiger charge is -2.17. The number of anilines is 1. The van der Waals surface area contributed by atoms with Gasteiger partial charge in [0.15, 0.2) is 11.0 Å². The Morgan fingerprint density at radius 2 is 1.86 bits per heavy atom. The van der Waals surface area contributed by atoms with Crippen molar-refractivity contribution in [1.82, 2.24) is 14.8 Å². The number of aromatic nitrogens is 3. The summed E-state index contributed by atoms with van der Waals surface area (Å²) in [6.45, 7) is 4.96. The topological polar surface area (TPSA) is 51.0 Å². The first kappa shape index (κ1) is 21.7. The largest absolute Gasteiger partial charge is 0.315 e. The molecule has 8 heteroatoms. The molecule has 0 aliphatic carbocycles. The second kappa shape index (κ2) is 9.65. The highest BCUT2D eigenvalue weighted by atomic mass is 35.5. The molecule has 3 rings (SSSR count). The molecule has 1 aromatic heterocycles. The summed E-state index contributed by atoms with van der Waals surface area (Å²) in [5.41, 5.74) is 1.62. The number of hydrogen-bond acceptors (Lipinski definition) is 4. The third-order valence-corrected chi connectivity index (χ3v) is 5.78. The number of carbonyl (C=O) groups excluding carboxylic acids is 1. The van der Waals surface area contributed by atoms with Crippen LogP contribution in [0.5, 0.6) is 0 Å². The Labute approximate surface area is 185 Å². The molecule has 0 saturated carbocycles. The first-order chi connectivity index (χ1) is 13.9. The van der Waals surface area contributed by atoms with Crippen LogP contribution in [0.25, 0.3) is 11.4 Å². The lowest BCUT2D eigenvalue weighted by atomic mass is 10.2. The molecule has 0 aliphatic heterocycles. The molecule has 0 spiro atoms. The predicted molar refractivity (Wildman–Crippen MR) is 121 cm³/mol. The summed E-state index contributed by atoms with van der Waals surface area (Å²) in [6, 6.07) is 14.9. The average Bonchev–Trinajstić information content (AvgIpc) is 3.07. The van der Waals surface area contributed by atoms with Crippen LogP contribution in [0.2, 0.25) is 10.0 Å². The molecular formula is C21H22Cl2N4OS. The van der Waals surface area contributed by atoms with E-state index in [0.29, 0.717) is 33.5 Å². The Hall–Kier alpha value is -2.02. The smallest absolute Gasteiger partial charge is 0.237 e. The van der Waals surface area contributed by atoms with Gasteiger partial charge in [0.05, 0.1) is 10.8 Å². The zero-order chi connectivity index (χ0) is 21.0. The summed E-state index contributed by atoms with van der Waals surface area (Å²) < 4.78 is 2.01. The fraction of sp³-hybridized carbons (Fsp3) is 0.286. The van der Waals surface area contributed by atoms with Crippen LogP contribution in [0.15, 0.2) is 53.7 Å². The number of halogens is 2. The van der Waals surface area contributed by atoms with Gasteiger partial charge in [0, 0.05) is 29.9 Å². The SMILES string of the molecule is CC(C)Cn1c(SCC(=O)N(C)c2ccccc2)nnc1-c1ccc(Cl)cc1Cl. The maximum Gasteiger partial charge on any atom is 0.237 e. The van der Waals surface area contributed by atoms with E-state index >= 15 is 0 Å². The molecule has 0 saturated heterocycles. The molecule has 152 valence electrons. The van der Waals surface area contributed by atoms with Crippen LogP contribution >= 0.6 is 35.0 Å². The summed E-state index contributed by atoms with van der Waals surface area (Å²) in [5.74, 6) is 1.30. The maximum absolute atomic E-state index is 12.6. The Bertz CT molecular complexity index is 992. The highest BCUT2D eigenvalue weighted by Crippen LogP contribution is 2.32. The number of amides is 1. The Morgan fingerprint density at radius 3 is 2.52 bits per heavy atom. The highest BCUT2D eigenvalue weighted by molar-refractivity contribution is 7.99. The quantitative estimate of drug-likeness (QED) is 0.437. The van der Waals surface area contributed by atoms with E-state index in [1.54, 1.807) is 24.1 Å². The molecule has 0 atom stereocenters. The highest BCUT2D eigenvalue weighted by Gasteiger charge is 2.19. The molecule has 0 radical (unpaired) electrons. The van der Waals surface area contributed by atoms with Gasteiger partial charge in [0.2, 0.25) is 5.91 Å². The van der Waals surface area contributed by atoms with Gasteiger partial charge in [-0.1, -0.05) is 67.0 Å². The van der Waals surface area contributed by atoms with Crippen LogP contribution in [0.1, 0.15) is 13.8 Å². The van der Waals surface area contributed by atoms with Crippen molar-refractivity contribution in [3.63, 3.8) is 0 Å². The molecular weight excluding hydrogens is 427 g/mol. The molecule has 0 N–H and O–H groups in total. The van der Waals surface area contributed by atoms with E-state index in [1.807, 2.05) is 41.0 Å². The van der Waals surface area contributed by atoms with Gasteiger partial charge in [-0.05, 0) is 36.2 Å². The number of rotatable bonds is 7. The van der Waals surface area contributed by atoms with Crippen molar-refractivity contribution in [2.75, 3.05) is 17.7 Å². The summed E-state index contributed by atoms with van der Waals surface area (Å²) in [5, 5.41) is 10.5. The second-order valence-corrected chi connectivity index (χ2v) is 8.80. The zero-order valence-electron chi connectivity index (χ0n) is 16.5. The normalized spacial score (nSPS) is 11.1. The standard InChI is InChI=1S/C21H22Cl2N4OS/c1-14(2)12-27-20(17-10-9-15(22)11-18(17)23)24-25-21(27)29-13-19(28)26(3)16-7-5-4-6-8-16/h4-11,14H,12-13H2,1-3H3. The van der Waals surface area contributed by atoms with Crippen molar-refractivity contribution in [2.24, 2.45) is 5.92 Å². The zero-order valence-corrected chi connectivity index (χ0v) is 18.8. The van der Waals surface area contributed by atoms with Crippen LogP contribution in [-0.4, -0.2) is 33.5 Å². The van der Waals surface area contributed by atoms with Crippen LogP contribution in [-0.2, 0) is 11.3 Å². The third-order valence-electron chi connectivity index (χ3n) is 4.28. The molecule has 3 aromatic rings. The van der Waals surface area contributed by atoms with E-state index in [0.717, 1.165) is 11.3 Å². The Balaban J connectivity index is 1.82. The molecule has 1 heterocycles. The minimum absolute atomic E-state index is 0.00799. The number of nitrogens with zero attached hydrogens (tertiary/aromatic N) is 4. The summed E-state index contributed by atoms with van der Waals surface area (Å²) >= 11 is 13.8. The van der Waals surface area contributed by atoms with Crippen LogP contribution < -0.4 is 4.90 Å². The fourth-order valence-electron chi connectivity index (χ4n) is 2.81. The number of thioether (sulfide) groups is 1. The van der Waals surface area contributed by atoms with E-state index in [1.165, 1.54) is 11.8 Å². The van der Waals surface area contributed by atoms with Gasteiger partial charge < -0.3 is 9.47 Å². The maximum atomic E-state index is 12.6. The van der Waals surface area contributed by atoms with Gasteiger partial charge in [0.25, 0.3) is 0 Å². The van der Waals surface area contributed by atoms with Crippen molar-refractivity contribution in [3.05, 3.63) is 58.6 Å². The minimum Gasteiger partial charge on any atom is -0.315 e. The molecule has 0 aliphatic rings. The molecule has 0 bridgehead atoms. The second-order valence-electron chi connectivity index (χ2n) is 7.01. The molecule has 5 nitrogen and oxygen atoms in total. The van der Waals surface area contributed by atoms with E-state index in [2.05, 4.69) is 24.0 Å². The number of benzene rings is 2. The summed E-state index contributed by atoms with van der Waals surface area (Å²) in [6.07, 6.45) is 0. The fourth-order valence-corrected chi connectivity index (χ4v) is 4.17. The Kier molecular flexibility index (Phi) is 7.22. The Morgan fingerprint density at radius 1 is 1.14 bits per heavy atom. The lowest BCUT2D eigenvalue weighted by Crippen LogP contribution is -2.28. The van der Waals surface area contributed by atoms with Gasteiger partial charge in [-0.2, -0.15) is 0 Å². The van der Waals surface area contributed by atoms with Gasteiger partial charge in [-0.25, -0.2) is 0 Å². The van der Waals surface area contributed by atoms with Crippen LogP contribution in [0, 0.1) is 5.92 Å².